The van der Waals surface area contributed by atoms with E-state index in [2.05, 4.69) is 10.6 Å². The van der Waals surface area contributed by atoms with E-state index in [1.54, 1.807) is 43.3 Å². The van der Waals surface area contributed by atoms with Crippen molar-refractivity contribution in [1.82, 2.24) is 15.5 Å². The summed E-state index contributed by atoms with van der Waals surface area (Å²) in [7, 11) is 0. The summed E-state index contributed by atoms with van der Waals surface area (Å²) in [6, 6.07) is 12.8. The van der Waals surface area contributed by atoms with E-state index in [0.29, 0.717) is 18.7 Å². The highest BCUT2D eigenvalue weighted by atomic mass is 19.1. The van der Waals surface area contributed by atoms with Crippen LogP contribution in [0, 0.1) is 5.82 Å². The third-order valence-corrected chi connectivity index (χ3v) is 4.15. The predicted octanol–water partition coefficient (Wildman–Crippen LogP) is 2.24. The van der Waals surface area contributed by atoms with Crippen LogP contribution in [0.5, 0.6) is 0 Å². The summed E-state index contributed by atoms with van der Waals surface area (Å²) in [6.07, 6.45) is 0. The molecule has 7 heteroatoms. The standard InChI is InChI=1S/C21H24FN3O3/c1-3-25(14-20(27)24-13-17-6-10-19(22)11-7-17)21(28)18-8-4-16(5-9-18)12-23-15(2)26/h4-11H,3,12-14H2,1-2H3,(H,23,26)(H,24,27). The van der Waals surface area contributed by atoms with Crippen molar-refractivity contribution in [2.45, 2.75) is 26.9 Å². The Morgan fingerprint density at radius 2 is 1.43 bits per heavy atom. The lowest BCUT2D eigenvalue weighted by Crippen LogP contribution is -2.40. The highest BCUT2D eigenvalue weighted by Crippen LogP contribution is 2.08. The zero-order chi connectivity index (χ0) is 20.5. The van der Waals surface area contributed by atoms with Crippen LogP contribution in [-0.2, 0) is 22.7 Å². The zero-order valence-electron chi connectivity index (χ0n) is 16.0. The van der Waals surface area contributed by atoms with Crippen LogP contribution in [0.2, 0.25) is 0 Å². The molecule has 6 nitrogen and oxygen atoms in total. The maximum absolute atomic E-state index is 12.9. The Hall–Kier alpha value is -3.22. The quantitative estimate of drug-likeness (QED) is 0.732. The van der Waals surface area contributed by atoms with Gasteiger partial charge in [0.25, 0.3) is 5.91 Å². The van der Waals surface area contributed by atoms with Gasteiger partial charge >= 0.3 is 0 Å². The van der Waals surface area contributed by atoms with Crippen LogP contribution in [-0.4, -0.2) is 35.7 Å². The van der Waals surface area contributed by atoms with Crippen LogP contribution in [0.3, 0.4) is 0 Å². The van der Waals surface area contributed by atoms with Gasteiger partial charge in [0.1, 0.15) is 5.82 Å². The van der Waals surface area contributed by atoms with Crippen molar-refractivity contribution in [3.8, 4) is 0 Å². The number of likely N-dealkylation sites (N-methyl/N-ethyl adjacent to an activating group) is 1. The van der Waals surface area contributed by atoms with Gasteiger partial charge in [-0.1, -0.05) is 24.3 Å². The molecule has 148 valence electrons. The molecule has 0 saturated heterocycles. The lowest BCUT2D eigenvalue weighted by molar-refractivity contribution is -0.122. The van der Waals surface area contributed by atoms with Gasteiger partial charge in [0.15, 0.2) is 0 Å². The van der Waals surface area contributed by atoms with Crippen molar-refractivity contribution in [2.24, 2.45) is 0 Å². The fourth-order valence-electron chi connectivity index (χ4n) is 2.53. The molecule has 0 aromatic heterocycles. The Bertz CT molecular complexity index is 820. The molecular formula is C21H24FN3O3. The summed E-state index contributed by atoms with van der Waals surface area (Å²) in [5.41, 5.74) is 2.13. The van der Waals surface area contributed by atoms with E-state index in [9.17, 15) is 18.8 Å². The number of nitrogens with one attached hydrogen (secondary N) is 2. The van der Waals surface area contributed by atoms with Crippen LogP contribution >= 0.6 is 0 Å². The van der Waals surface area contributed by atoms with E-state index >= 15 is 0 Å². The summed E-state index contributed by atoms with van der Waals surface area (Å²) in [4.78, 5) is 37.2. The SMILES string of the molecule is CCN(CC(=O)NCc1ccc(F)cc1)C(=O)c1ccc(CNC(C)=O)cc1. The minimum absolute atomic E-state index is 0.0653. The predicted molar refractivity (Wildman–Crippen MR) is 104 cm³/mol. The van der Waals surface area contributed by atoms with Gasteiger partial charge in [-0.05, 0) is 42.3 Å². The minimum atomic E-state index is -0.332. The lowest BCUT2D eigenvalue weighted by Gasteiger charge is -2.20. The van der Waals surface area contributed by atoms with Crippen molar-refractivity contribution >= 4 is 17.7 Å². The summed E-state index contributed by atoms with van der Waals surface area (Å²) < 4.78 is 12.9. The van der Waals surface area contributed by atoms with Crippen molar-refractivity contribution in [3.05, 3.63) is 71.0 Å². The number of nitrogens with zero attached hydrogens (tertiary/aromatic N) is 1. The second-order valence-electron chi connectivity index (χ2n) is 6.33. The smallest absolute Gasteiger partial charge is 0.254 e. The number of carbonyl (C=O) groups excluding carboxylic acids is 3. The fourth-order valence-corrected chi connectivity index (χ4v) is 2.53. The topological polar surface area (TPSA) is 78.5 Å². The first-order valence-corrected chi connectivity index (χ1v) is 9.03. The molecule has 2 aromatic rings. The molecule has 3 amide bonds. The molecule has 2 N–H and O–H groups in total. The van der Waals surface area contributed by atoms with Gasteiger partial charge in [-0.15, -0.1) is 0 Å². The molecule has 0 aliphatic rings. The number of amides is 3. The molecule has 0 heterocycles. The van der Waals surface area contributed by atoms with Crippen molar-refractivity contribution in [3.63, 3.8) is 0 Å². The number of halogens is 1. The van der Waals surface area contributed by atoms with Gasteiger partial charge in [-0.2, -0.15) is 0 Å². The molecule has 0 unspecified atom stereocenters. The van der Waals surface area contributed by atoms with Crippen LogP contribution in [0.25, 0.3) is 0 Å². The maximum Gasteiger partial charge on any atom is 0.254 e. The number of carbonyl (C=O) groups is 3. The second kappa shape index (κ2) is 10.2. The minimum Gasteiger partial charge on any atom is -0.352 e. The van der Waals surface area contributed by atoms with Crippen molar-refractivity contribution in [2.75, 3.05) is 13.1 Å². The summed E-state index contributed by atoms with van der Waals surface area (Å²) in [5, 5.41) is 5.42. The Morgan fingerprint density at radius 1 is 0.893 bits per heavy atom. The fraction of sp³-hybridized carbons (Fsp3) is 0.286. The number of hydrogen-bond acceptors (Lipinski definition) is 3. The van der Waals surface area contributed by atoms with E-state index < -0.39 is 0 Å². The van der Waals surface area contributed by atoms with Crippen molar-refractivity contribution < 1.29 is 18.8 Å². The van der Waals surface area contributed by atoms with Gasteiger partial charge < -0.3 is 15.5 Å². The second-order valence-corrected chi connectivity index (χ2v) is 6.33. The van der Waals surface area contributed by atoms with Gasteiger partial charge in [0.2, 0.25) is 11.8 Å². The number of hydrogen-bond donors (Lipinski definition) is 2. The first-order valence-electron chi connectivity index (χ1n) is 9.03. The molecule has 0 atom stereocenters. The highest BCUT2D eigenvalue weighted by molar-refractivity contribution is 5.96. The first kappa shape index (κ1) is 21.1. The van der Waals surface area contributed by atoms with Crippen LogP contribution < -0.4 is 10.6 Å². The third kappa shape index (κ3) is 6.50. The molecule has 28 heavy (non-hydrogen) atoms. The normalized spacial score (nSPS) is 10.2. The average molecular weight is 385 g/mol. The van der Waals surface area contributed by atoms with Gasteiger partial charge in [0.05, 0.1) is 6.54 Å². The maximum atomic E-state index is 12.9. The average Bonchev–Trinajstić information content (AvgIpc) is 2.70. The molecule has 2 rings (SSSR count). The molecule has 0 aliphatic heterocycles. The van der Waals surface area contributed by atoms with Gasteiger partial charge in [-0.25, -0.2) is 4.39 Å². The largest absolute Gasteiger partial charge is 0.352 e. The molecule has 2 aromatic carbocycles. The Balaban J connectivity index is 1.90. The molecule has 0 bridgehead atoms. The van der Waals surface area contributed by atoms with E-state index in [4.69, 9.17) is 0 Å². The molecule has 0 radical (unpaired) electrons. The third-order valence-electron chi connectivity index (χ3n) is 4.15. The lowest BCUT2D eigenvalue weighted by atomic mass is 10.1. The molecule has 0 saturated carbocycles. The monoisotopic (exact) mass is 385 g/mol. The van der Waals surface area contributed by atoms with E-state index in [0.717, 1.165) is 11.1 Å². The number of benzene rings is 2. The summed E-state index contributed by atoms with van der Waals surface area (Å²) in [5.74, 6) is -0.989. The van der Waals surface area contributed by atoms with Crippen LogP contribution in [0.1, 0.15) is 35.3 Å². The molecule has 0 aliphatic carbocycles. The number of rotatable bonds is 8. The van der Waals surface area contributed by atoms with E-state index in [1.165, 1.54) is 24.0 Å². The Kier molecular flexibility index (Phi) is 7.68. The zero-order valence-corrected chi connectivity index (χ0v) is 16.0. The summed E-state index contributed by atoms with van der Waals surface area (Å²) in [6.45, 7) is 4.23. The summed E-state index contributed by atoms with van der Waals surface area (Å²) >= 11 is 0. The first-order chi connectivity index (χ1) is 13.4. The van der Waals surface area contributed by atoms with E-state index in [-0.39, 0.29) is 36.6 Å². The Morgan fingerprint density at radius 3 is 1.96 bits per heavy atom. The van der Waals surface area contributed by atoms with Crippen LogP contribution in [0.15, 0.2) is 48.5 Å². The Labute approximate surface area is 163 Å². The van der Waals surface area contributed by atoms with Gasteiger partial charge in [-0.3, -0.25) is 14.4 Å². The van der Waals surface area contributed by atoms with E-state index in [1.807, 2.05) is 0 Å². The van der Waals surface area contributed by atoms with Gasteiger partial charge in [0, 0.05) is 32.1 Å². The highest BCUT2D eigenvalue weighted by Gasteiger charge is 2.17. The molecular weight excluding hydrogens is 361 g/mol. The molecule has 0 spiro atoms. The molecule has 0 fully saturated rings. The van der Waals surface area contributed by atoms with Crippen LogP contribution in [0.4, 0.5) is 4.39 Å². The van der Waals surface area contributed by atoms with Crippen molar-refractivity contribution in [1.29, 1.82) is 0 Å².